The van der Waals surface area contributed by atoms with Gasteiger partial charge in [-0.3, -0.25) is 24.9 Å². The molecule has 0 spiro atoms. The minimum atomic E-state index is -1.42. The lowest BCUT2D eigenvalue weighted by Gasteiger charge is -2.50. The summed E-state index contributed by atoms with van der Waals surface area (Å²) in [4.78, 5) is 35.9. The maximum absolute atomic E-state index is 16.1. The van der Waals surface area contributed by atoms with Gasteiger partial charge in [0.05, 0.1) is 23.0 Å². The first-order valence-corrected chi connectivity index (χ1v) is 13.2. The SMILES string of the molecule is CC1(C)CN(Cc2ccc(-c3ncon3)cc2)CC[C@]1(O)c1ccc2ncc(N3CCC(=O)NC3=O)cc2c1F. The number of hydrogen-bond acceptors (Lipinski definition) is 8. The fraction of sp³-hybridized carbons (Fsp3) is 0.345. The van der Waals surface area contributed by atoms with Crippen molar-refractivity contribution >= 4 is 28.5 Å². The van der Waals surface area contributed by atoms with Crippen molar-refractivity contribution in [1.82, 2.24) is 25.3 Å². The van der Waals surface area contributed by atoms with Crippen LogP contribution in [0.1, 0.15) is 37.8 Å². The molecule has 1 atom stereocenters. The standard InChI is InChI=1S/C29H29FN6O4/c1-28(2)16-35(15-18-3-5-19(6-4-18)26-32-17-40-34-26)12-10-29(28,39)22-7-8-23-21(25(22)30)13-20(14-31-23)36-11-9-24(37)33-27(36)38/h3-8,13-14,17,39H,9-12,15-16H2,1-2H3,(H,33,37,38)/t29-/m0/s1. The van der Waals surface area contributed by atoms with Crippen LogP contribution < -0.4 is 10.2 Å². The van der Waals surface area contributed by atoms with E-state index < -0.39 is 22.9 Å². The Morgan fingerprint density at radius 1 is 1.10 bits per heavy atom. The number of likely N-dealkylation sites (tertiary alicyclic amines) is 1. The highest BCUT2D eigenvalue weighted by atomic mass is 19.1. The molecule has 10 nitrogen and oxygen atoms in total. The van der Waals surface area contributed by atoms with Crippen LogP contribution in [0, 0.1) is 11.2 Å². The van der Waals surface area contributed by atoms with Gasteiger partial charge in [0.25, 0.3) is 0 Å². The molecule has 0 bridgehead atoms. The number of aromatic nitrogens is 3. The van der Waals surface area contributed by atoms with Crippen molar-refractivity contribution in [3.05, 3.63) is 72.0 Å². The summed E-state index contributed by atoms with van der Waals surface area (Å²) in [5, 5.41) is 18.4. The first kappa shape index (κ1) is 26.0. The van der Waals surface area contributed by atoms with E-state index in [1.807, 2.05) is 38.1 Å². The van der Waals surface area contributed by atoms with Crippen molar-refractivity contribution in [2.75, 3.05) is 24.5 Å². The Labute approximate surface area is 229 Å². The molecule has 40 heavy (non-hydrogen) atoms. The number of amides is 3. The van der Waals surface area contributed by atoms with Crippen LogP contribution in [0.25, 0.3) is 22.3 Å². The van der Waals surface area contributed by atoms with Crippen LogP contribution in [0.5, 0.6) is 0 Å². The lowest BCUT2D eigenvalue weighted by atomic mass is 9.66. The summed E-state index contributed by atoms with van der Waals surface area (Å²) in [5.41, 5.74) is 0.891. The van der Waals surface area contributed by atoms with Crippen LogP contribution in [0.3, 0.4) is 0 Å². The highest BCUT2D eigenvalue weighted by Gasteiger charge is 2.50. The molecule has 11 heteroatoms. The minimum absolute atomic E-state index is 0.152. The molecule has 2 aromatic heterocycles. The van der Waals surface area contributed by atoms with Gasteiger partial charge in [0.15, 0.2) is 0 Å². The normalized spacial score (nSPS) is 21.6. The van der Waals surface area contributed by atoms with Gasteiger partial charge in [0, 0.05) is 54.5 Å². The van der Waals surface area contributed by atoms with Gasteiger partial charge >= 0.3 is 6.03 Å². The maximum atomic E-state index is 16.1. The van der Waals surface area contributed by atoms with E-state index in [4.69, 9.17) is 4.52 Å². The number of piperidine rings is 1. The molecule has 2 aliphatic heterocycles. The summed E-state index contributed by atoms with van der Waals surface area (Å²) < 4.78 is 21.0. The third-order valence-electron chi connectivity index (χ3n) is 8.10. The molecule has 4 aromatic rings. The van der Waals surface area contributed by atoms with E-state index >= 15 is 4.39 Å². The van der Waals surface area contributed by atoms with Crippen molar-refractivity contribution in [2.24, 2.45) is 5.41 Å². The zero-order chi connectivity index (χ0) is 28.1. The number of rotatable bonds is 5. The van der Waals surface area contributed by atoms with Crippen molar-refractivity contribution in [2.45, 2.75) is 38.8 Å². The van der Waals surface area contributed by atoms with Gasteiger partial charge in [-0.25, -0.2) is 9.18 Å². The molecule has 3 amide bonds. The third-order valence-corrected chi connectivity index (χ3v) is 8.10. The van der Waals surface area contributed by atoms with Crippen LogP contribution in [0.2, 0.25) is 0 Å². The number of halogens is 1. The van der Waals surface area contributed by atoms with Crippen molar-refractivity contribution in [3.8, 4) is 11.4 Å². The molecule has 0 aliphatic carbocycles. The third kappa shape index (κ3) is 4.50. The number of carbonyl (C=O) groups excluding carboxylic acids is 2. The number of benzene rings is 2. The Balaban J connectivity index is 1.24. The van der Waals surface area contributed by atoms with Gasteiger partial charge in [-0.1, -0.05) is 49.3 Å². The number of hydrogen-bond donors (Lipinski definition) is 2. The lowest BCUT2D eigenvalue weighted by molar-refractivity contribution is -0.128. The van der Waals surface area contributed by atoms with Crippen LogP contribution in [0.15, 0.2) is 59.6 Å². The Hall–Kier alpha value is -4.22. The molecule has 0 saturated carbocycles. The first-order chi connectivity index (χ1) is 19.1. The summed E-state index contributed by atoms with van der Waals surface area (Å²) in [6, 6.07) is 12.2. The number of urea groups is 1. The van der Waals surface area contributed by atoms with Crippen molar-refractivity contribution < 1.29 is 23.6 Å². The second-order valence-electron chi connectivity index (χ2n) is 11.1. The average molecular weight is 545 g/mol. The van der Waals surface area contributed by atoms with Crippen LogP contribution >= 0.6 is 0 Å². The van der Waals surface area contributed by atoms with Crippen molar-refractivity contribution in [3.63, 3.8) is 0 Å². The van der Waals surface area contributed by atoms with Crippen LogP contribution in [-0.4, -0.2) is 56.7 Å². The van der Waals surface area contributed by atoms with Gasteiger partial charge in [0.2, 0.25) is 18.1 Å². The number of carbonyl (C=O) groups is 2. The Bertz CT molecular complexity index is 1590. The summed E-state index contributed by atoms with van der Waals surface area (Å²) in [6.07, 6.45) is 3.28. The number of fused-ring (bicyclic) bond motifs is 1. The predicted molar refractivity (Wildman–Crippen MR) is 145 cm³/mol. The van der Waals surface area contributed by atoms with Gasteiger partial charge in [-0.05, 0) is 24.1 Å². The molecule has 2 fully saturated rings. The lowest BCUT2D eigenvalue weighted by Crippen LogP contribution is -2.55. The number of aliphatic hydroxyl groups is 1. The van der Waals surface area contributed by atoms with Gasteiger partial charge in [-0.2, -0.15) is 4.98 Å². The highest BCUT2D eigenvalue weighted by Crippen LogP contribution is 2.48. The number of anilines is 1. The predicted octanol–water partition coefficient (Wildman–Crippen LogP) is 3.99. The average Bonchev–Trinajstić information content (AvgIpc) is 3.47. The van der Waals surface area contributed by atoms with E-state index in [2.05, 4.69) is 25.3 Å². The molecular formula is C29H29FN6O4. The van der Waals surface area contributed by atoms with Gasteiger partial charge < -0.3 is 9.63 Å². The van der Waals surface area contributed by atoms with Crippen molar-refractivity contribution in [1.29, 1.82) is 0 Å². The Morgan fingerprint density at radius 2 is 1.90 bits per heavy atom. The van der Waals surface area contributed by atoms with Crippen LogP contribution in [-0.2, 0) is 16.9 Å². The molecular weight excluding hydrogens is 515 g/mol. The van der Waals surface area contributed by atoms with E-state index in [1.54, 1.807) is 18.2 Å². The molecule has 2 aliphatic rings. The highest BCUT2D eigenvalue weighted by molar-refractivity contribution is 6.06. The molecule has 2 N–H and O–H groups in total. The monoisotopic (exact) mass is 544 g/mol. The zero-order valence-electron chi connectivity index (χ0n) is 22.2. The summed E-state index contributed by atoms with van der Waals surface area (Å²) >= 11 is 0. The fourth-order valence-electron chi connectivity index (χ4n) is 5.81. The van der Waals surface area contributed by atoms with Gasteiger partial charge in [-0.15, -0.1) is 0 Å². The topological polar surface area (TPSA) is 125 Å². The van der Waals surface area contributed by atoms with E-state index in [0.717, 1.165) is 11.1 Å². The number of nitrogens with zero attached hydrogens (tertiary/aromatic N) is 5. The summed E-state index contributed by atoms with van der Waals surface area (Å²) in [6.45, 7) is 5.89. The molecule has 0 unspecified atom stereocenters. The molecule has 6 rings (SSSR count). The number of imide groups is 1. The minimum Gasteiger partial charge on any atom is -0.384 e. The molecule has 2 aromatic carbocycles. The van der Waals surface area contributed by atoms with E-state index in [0.29, 0.717) is 43.1 Å². The Morgan fingerprint density at radius 3 is 2.60 bits per heavy atom. The second-order valence-corrected chi connectivity index (χ2v) is 11.1. The number of pyridine rings is 1. The molecule has 4 heterocycles. The van der Waals surface area contributed by atoms with E-state index in [9.17, 15) is 14.7 Å². The maximum Gasteiger partial charge on any atom is 0.328 e. The summed E-state index contributed by atoms with van der Waals surface area (Å²) in [7, 11) is 0. The summed E-state index contributed by atoms with van der Waals surface area (Å²) in [5.74, 6) is -0.369. The van der Waals surface area contributed by atoms with E-state index in [1.165, 1.54) is 17.5 Å². The first-order valence-electron chi connectivity index (χ1n) is 13.2. The van der Waals surface area contributed by atoms with Crippen LogP contribution in [0.4, 0.5) is 14.9 Å². The fourth-order valence-corrected chi connectivity index (χ4v) is 5.81. The largest absolute Gasteiger partial charge is 0.384 e. The smallest absolute Gasteiger partial charge is 0.328 e. The second kappa shape index (κ2) is 9.76. The molecule has 2 saturated heterocycles. The van der Waals surface area contributed by atoms with E-state index in [-0.39, 0.29) is 29.8 Å². The quantitative estimate of drug-likeness (QED) is 0.387. The number of nitrogens with one attached hydrogen (secondary N) is 1. The molecule has 0 radical (unpaired) electrons. The van der Waals surface area contributed by atoms with Gasteiger partial charge in [0.1, 0.15) is 5.82 Å². The zero-order valence-corrected chi connectivity index (χ0v) is 22.2. The Kier molecular flexibility index (Phi) is 6.35. The molecule has 206 valence electrons.